The van der Waals surface area contributed by atoms with Crippen LogP contribution in [0.5, 0.6) is 0 Å². The molecule has 1 saturated heterocycles. The second-order valence-electron chi connectivity index (χ2n) is 5.69. The Bertz CT molecular complexity index is 510. The third kappa shape index (κ3) is 4.84. The fourth-order valence-corrected chi connectivity index (χ4v) is 2.76. The highest BCUT2D eigenvalue weighted by atomic mass is 16.2. The van der Waals surface area contributed by atoms with Crippen molar-refractivity contribution < 1.29 is 9.59 Å². The van der Waals surface area contributed by atoms with Crippen LogP contribution >= 0.6 is 0 Å². The molecule has 1 aliphatic rings. The molecule has 0 spiro atoms. The van der Waals surface area contributed by atoms with Gasteiger partial charge in [-0.3, -0.25) is 9.59 Å². The Hall–Kier alpha value is -1.88. The van der Waals surface area contributed by atoms with Crippen molar-refractivity contribution >= 4 is 17.5 Å². The third-order valence-electron chi connectivity index (χ3n) is 4.02. The van der Waals surface area contributed by atoms with E-state index in [1.807, 2.05) is 13.0 Å². The molecule has 1 aromatic carbocycles. The molecule has 2 amide bonds. The Morgan fingerprint density at radius 3 is 2.68 bits per heavy atom. The van der Waals surface area contributed by atoms with Crippen molar-refractivity contribution in [3.05, 3.63) is 29.8 Å². The molecule has 5 nitrogen and oxygen atoms in total. The van der Waals surface area contributed by atoms with E-state index in [4.69, 9.17) is 0 Å². The summed E-state index contributed by atoms with van der Waals surface area (Å²) in [6.07, 6.45) is 3.71. The second-order valence-corrected chi connectivity index (χ2v) is 5.69. The van der Waals surface area contributed by atoms with Crippen molar-refractivity contribution in [1.82, 2.24) is 10.6 Å². The number of piperidine rings is 1. The lowest BCUT2D eigenvalue weighted by molar-refractivity contribution is -0.116. The molecule has 0 atom stereocenters. The van der Waals surface area contributed by atoms with E-state index in [0.717, 1.165) is 32.4 Å². The molecular formula is C17H25N3O2. The molecule has 5 heteroatoms. The number of hydrogen-bond acceptors (Lipinski definition) is 3. The van der Waals surface area contributed by atoms with E-state index in [0.29, 0.717) is 30.1 Å². The molecule has 120 valence electrons. The van der Waals surface area contributed by atoms with Crippen LogP contribution in [-0.4, -0.2) is 31.4 Å². The minimum atomic E-state index is -0.156. The number of benzene rings is 1. The smallest absolute Gasteiger partial charge is 0.253 e. The predicted octanol–water partition coefficient (Wildman–Crippen LogP) is 2.15. The Kier molecular flexibility index (Phi) is 6.40. The number of para-hydroxylation sites is 1. The Morgan fingerprint density at radius 1 is 1.23 bits per heavy atom. The number of hydrogen-bond donors (Lipinski definition) is 3. The van der Waals surface area contributed by atoms with Crippen LogP contribution in [0, 0.1) is 5.92 Å². The van der Waals surface area contributed by atoms with Crippen LogP contribution < -0.4 is 16.0 Å². The summed E-state index contributed by atoms with van der Waals surface area (Å²) >= 11 is 0. The first-order valence-electron chi connectivity index (χ1n) is 8.08. The van der Waals surface area contributed by atoms with Gasteiger partial charge in [-0.2, -0.15) is 0 Å². The van der Waals surface area contributed by atoms with Gasteiger partial charge in [0.2, 0.25) is 5.91 Å². The molecule has 22 heavy (non-hydrogen) atoms. The summed E-state index contributed by atoms with van der Waals surface area (Å²) in [6.45, 7) is 4.54. The molecule has 3 N–H and O–H groups in total. The highest BCUT2D eigenvalue weighted by Gasteiger charge is 2.16. The Balaban J connectivity index is 1.89. The first-order valence-corrected chi connectivity index (χ1v) is 8.08. The molecule has 1 fully saturated rings. The average molecular weight is 303 g/mol. The van der Waals surface area contributed by atoms with Crippen molar-refractivity contribution in [3.63, 3.8) is 0 Å². The zero-order chi connectivity index (χ0) is 15.8. The van der Waals surface area contributed by atoms with Crippen LogP contribution in [0.2, 0.25) is 0 Å². The lowest BCUT2D eigenvalue weighted by atomic mass is 9.93. The van der Waals surface area contributed by atoms with Crippen molar-refractivity contribution in [2.24, 2.45) is 5.92 Å². The van der Waals surface area contributed by atoms with Gasteiger partial charge in [0.15, 0.2) is 0 Å². The van der Waals surface area contributed by atoms with Crippen molar-refractivity contribution in [2.75, 3.05) is 25.0 Å². The molecular weight excluding hydrogens is 278 g/mol. The second kappa shape index (κ2) is 8.54. The summed E-state index contributed by atoms with van der Waals surface area (Å²) in [5.41, 5.74) is 1.10. The van der Waals surface area contributed by atoms with Crippen molar-refractivity contribution in [2.45, 2.75) is 32.6 Å². The van der Waals surface area contributed by atoms with Crippen LogP contribution in [0.4, 0.5) is 5.69 Å². The fraction of sp³-hybridized carbons (Fsp3) is 0.529. The average Bonchev–Trinajstić information content (AvgIpc) is 2.54. The van der Waals surface area contributed by atoms with Crippen LogP contribution in [0.3, 0.4) is 0 Å². The van der Waals surface area contributed by atoms with E-state index >= 15 is 0 Å². The van der Waals surface area contributed by atoms with Crippen LogP contribution in [0.1, 0.15) is 43.0 Å². The topological polar surface area (TPSA) is 70.2 Å². The van der Waals surface area contributed by atoms with Gasteiger partial charge < -0.3 is 16.0 Å². The van der Waals surface area contributed by atoms with E-state index in [1.54, 1.807) is 18.2 Å². The van der Waals surface area contributed by atoms with Gasteiger partial charge in [0.25, 0.3) is 5.91 Å². The van der Waals surface area contributed by atoms with Crippen LogP contribution in [-0.2, 0) is 4.79 Å². The maximum Gasteiger partial charge on any atom is 0.253 e. The number of nitrogens with one attached hydrogen (secondary N) is 3. The molecule has 0 aliphatic carbocycles. The zero-order valence-corrected chi connectivity index (χ0v) is 13.2. The van der Waals surface area contributed by atoms with Gasteiger partial charge >= 0.3 is 0 Å². The first kappa shape index (κ1) is 16.5. The predicted molar refractivity (Wildman–Crippen MR) is 87.9 cm³/mol. The summed E-state index contributed by atoms with van der Waals surface area (Å²) in [6, 6.07) is 7.13. The molecule has 0 saturated carbocycles. The van der Waals surface area contributed by atoms with E-state index in [-0.39, 0.29) is 11.8 Å². The summed E-state index contributed by atoms with van der Waals surface area (Å²) in [4.78, 5) is 24.1. The fourth-order valence-electron chi connectivity index (χ4n) is 2.76. The van der Waals surface area contributed by atoms with Crippen molar-refractivity contribution in [3.8, 4) is 0 Å². The summed E-state index contributed by atoms with van der Waals surface area (Å²) < 4.78 is 0. The summed E-state index contributed by atoms with van der Waals surface area (Å²) in [5, 5.41) is 8.97. The normalized spacial score (nSPS) is 15.3. The van der Waals surface area contributed by atoms with Gasteiger partial charge in [-0.15, -0.1) is 0 Å². The minimum absolute atomic E-state index is 0.0183. The number of rotatable bonds is 6. The number of carbonyl (C=O) groups excluding carboxylic acids is 2. The highest BCUT2D eigenvalue weighted by Crippen LogP contribution is 2.19. The first-order chi connectivity index (χ1) is 10.7. The van der Waals surface area contributed by atoms with Gasteiger partial charge in [-0.05, 0) is 57.3 Å². The monoisotopic (exact) mass is 303 g/mol. The van der Waals surface area contributed by atoms with Gasteiger partial charge in [-0.25, -0.2) is 0 Å². The van der Waals surface area contributed by atoms with Crippen LogP contribution in [0.15, 0.2) is 24.3 Å². The number of amides is 2. The lowest BCUT2D eigenvalue weighted by Crippen LogP contribution is -2.28. The molecule has 1 heterocycles. The molecule has 0 bridgehead atoms. The van der Waals surface area contributed by atoms with Crippen LogP contribution in [0.25, 0.3) is 0 Å². The molecule has 1 aliphatic heterocycles. The maximum atomic E-state index is 12.1. The van der Waals surface area contributed by atoms with E-state index in [1.165, 1.54) is 0 Å². The van der Waals surface area contributed by atoms with Gasteiger partial charge in [0, 0.05) is 13.0 Å². The number of anilines is 1. The van der Waals surface area contributed by atoms with Gasteiger partial charge in [0.1, 0.15) is 0 Å². The molecule has 2 rings (SSSR count). The van der Waals surface area contributed by atoms with E-state index < -0.39 is 0 Å². The Labute approximate surface area is 131 Å². The summed E-state index contributed by atoms with van der Waals surface area (Å²) in [5.74, 6) is 0.456. The quantitative estimate of drug-likeness (QED) is 0.754. The SMILES string of the molecule is CCNC(=O)c1ccccc1NC(=O)CCC1CCNCC1. The third-order valence-corrected chi connectivity index (χ3v) is 4.02. The lowest BCUT2D eigenvalue weighted by Gasteiger charge is -2.22. The van der Waals surface area contributed by atoms with Gasteiger partial charge in [-0.1, -0.05) is 12.1 Å². The van der Waals surface area contributed by atoms with Gasteiger partial charge in [0.05, 0.1) is 11.3 Å². The minimum Gasteiger partial charge on any atom is -0.352 e. The molecule has 0 aromatic heterocycles. The summed E-state index contributed by atoms with van der Waals surface area (Å²) in [7, 11) is 0. The molecule has 0 unspecified atom stereocenters. The zero-order valence-electron chi connectivity index (χ0n) is 13.2. The Morgan fingerprint density at radius 2 is 1.95 bits per heavy atom. The molecule has 1 aromatic rings. The largest absolute Gasteiger partial charge is 0.352 e. The maximum absolute atomic E-state index is 12.1. The van der Waals surface area contributed by atoms with E-state index in [2.05, 4.69) is 16.0 Å². The number of carbonyl (C=O) groups is 2. The standard InChI is InChI=1S/C17H25N3O2/c1-2-19-17(22)14-5-3-4-6-15(14)20-16(21)8-7-13-9-11-18-12-10-13/h3-6,13,18H,2,7-12H2,1H3,(H,19,22)(H,20,21). The molecule has 0 radical (unpaired) electrons. The van der Waals surface area contributed by atoms with Crippen molar-refractivity contribution in [1.29, 1.82) is 0 Å². The van der Waals surface area contributed by atoms with E-state index in [9.17, 15) is 9.59 Å². The highest BCUT2D eigenvalue weighted by molar-refractivity contribution is 6.03.